The van der Waals surface area contributed by atoms with Gasteiger partial charge in [-0.2, -0.15) is 5.10 Å². The molecule has 1 saturated heterocycles. The fourth-order valence-corrected chi connectivity index (χ4v) is 4.02. The third-order valence-corrected chi connectivity index (χ3v) is 5.93. The lowest BCUT2D eigenvalue weighted by atomic mass is 10.1. The van der Waals surface area contributed by atoms with Crippen LogP contribution in [-0.2, 0) is 20.6 Å². The number of rotatable bonds is 7. The van der Waals surface area contributed by atoms with Gasteiger partial charge in [0, 0.05) is 32.4 Å². The minimum Gasteiger partial charge on any atom is -0.494 e. The van der Waals surface area contributed by atoms with Crippen molar-refractivity contribution in [3.63, 3.8) is 0 Å². The number of Topliss-reactive ketones (excluding diaryl/α,β-unsaturated/α-hetero) is 1. The standard InChI is InChI=1S/C19H24N7O7P/c1-12-21-10-26(22-12)18-16-15(14(32-3)8-20-18)13(9-25(16)11-33-34(29,30)31)17(27)19(28)24-6-4-23(2)5-7-24/h8-10H,4-7,11H2,1-3H3,(H2,29,30,31). The first-order valence-electron chi connectivity index (χ1n) is 10.3. The van der Waals surface area contributed by atoms with Crippen molar-refractivity contribution in [1.29, 1.82) is 0 Å². The molecule has 34 heavy (non-hydrogen) atoms. The average Bonchev–Trinajstić information content (AvgIpc) is 3.40. The number of phosphoric ester groups is 1. The van der Waals surface area contributed by atoms with Gasteiger partial charge in [0.25, 0.3) is 11.7 Å². The van der Waals surface area contributed by atoms with Gasteiger partial charge < -0.3 is 28.9 Å². The zero-order valence-corrected chi connectivity index (χ0v) is 19.7. The number of fused-ring (bicyclic) bond motifs is 1. The summed E-state index contributed by atoms with van der Waals surface area (Å²) in [5.74, 6) is -0.608. The fourth-order valence-electron chi connectivity index (χ4n) is 3.74. The van der Waals surface area contributed by atoms with Crippen LogP contribution < -0.4 is 4.74 Å². The van der Waals surface area contributed by atoms with Crippen LogP contribution in [0, 0.1) is 6.92 Å². The number of ether oxygens (including phenoxy) is 1. The van der Waals surface area contributed by atoms with Crippen LogP contribution in [0.15, 0.2) is 18.7 Å². The van der Waals surface area contributed by atoms with Crippen molar-refractivity contribution in [3.8, 4) is 11.6 Å². The third kappa shape index (κ3) is 4.72. The number of likely N-dealkylation sites (N-methyl/N-ethyl adjacent to an activating group) is 1. The van der Waals surface area contributed by atoms with E-state index in [4.69, 9.17) is 4.74 Å². The van der Waals surface area contributed by atoms with Gasteiger partial charge in [-0.25, -0.2) is 19.2 Å². The van der Waals surface area contributed by atoms with Gasteiger partial charge in [0.1, 0.15) is 30.1 Å². The lowest BCUT2D eigenvalue weighted by molar-refractivity contribution is -0.127. The van der Waals surface area contributed by atoms with E-state index in [1.54, 1.807) is 6.92 Å². The molecule has 1 aliphatic heterocycles. The molecular formula is C19H24N7O7P. The molecule has 0 unspecified atom stereocenters. The van der Waals surface area contributed by atoms with E-state index in [2.05, 4.69) is 24.5 Å². The summed E-state index contributed by atoms with van der Waals surface area (Å²) >= 11 is 0. The molecule has 4 rings (SSSR count). The summed E-state index contributed by atoms with van der Waals surface area (Å²) in [7, 11) is -1.53. The molecular weight excluding hydrogens is 469 g/mol. The second-order valence-corrected chi connectivity index (χ2v) is 9.04. The Morgan fingerprint density at radius 3 is 2.47 bits per heavy atom. The Balaban J connectivity index is 1.86. The maximum absolute atomic E-state index is 13.4. The lowest BCUT2D eigenvalue weighted by Gasteiger charge is -2.31. The maximum atomic E-state index is 13.4. The van der Waals surface area contributed by atoms with E-state index in [9.17, 15) is 23.9 Å². The number of nitrogens with zero attached hydrogens (tertiary/aromatic N) is 7. The minimum atomic E-state index is -4.84. The Hall–Kier alpha value is -3.16. The van der Waals surface area contributed by atoms with Crippen molar-refractivity contribution in [2.24, 2.45) is 0 Å². The van der Waals surface area contributed by atoms with Crippen molar-refractivity contribution in [2.45, 2.75) is 13.7 Å². The molecule has 1 aliphatic rings. The number of amides is 1. The normalized spacial score (nSPS) is 15.1. The summed E-state index contributed by atoms with van der Waals surface area (Å²) in [6.45, 7) is 3.15. The number of aryl methyl sites for hydroxylation is 1. The van der Waals surface area contributed by atoms with E-state index < -0.39 is 26.2 Å². The first-order valence-corrected chi connectivity index (χ1v) is 11.8. The van der Waals surface area contributed by atoms with E-state index >= 15 is 0 Å². The predicted molar refractivity (Wildman–Crippen MR) is 117 cm³/mol. The highest BCUT2D eigenvalue weighted by Crippen LogP contribution is 2.39. The van der Waals surface area contributed by atoms with E-state index in [1.165, 1.54) is 40.0 Å². The van der Waals surface area contributed by atoms with Gasteiger partial charge in [-0.1, -0.05) is 0 Å². The molecule has 3 aromatic heterocycles. The number of hydrogen-bond acceptors (Lipinski definition) is 9. The van der Waals surface area contributed by atoms with E-state index in [0.717, 1.165) is 0 Å². The molecule has 0 atom stereocenters. The first-order chi connectivity index (χ1) is 16.1. The summed E-state index contributed by atoms with van der Waals surface area (Å²) in [6.07, 6.45) is 4.08. The fraction of sp³-hybridized carbons (Fsp3) is 0.421. The second kappa shape index (κ2) is 9.24. The van der Waals surface area contributed by atoms with Crippen molar-refractivity contribution < 1.29 is 33.2 Å². The largest absolute Gasteiger partial charge is 0.494 e. The van der Waals surface area contributed by atoms with Crippen LogP contribution in [0.25, 0.3) is 16.7 Å². The number of hydrogen-bond donors (Lipinski definition) is 2. The highest BCUT2D eigenvalue weighted by Gasteiger charge is 2.31. The number of carbonyl (C=O) groups is 2. The summed E-state index contributed by atoms with van der Waals surface area (Å²) in [4.78, 5) is 56.8. The molecule has 182 valence electrons. The van der Waals surface area contributed by atoms with Crippen LogP contribution in [-0.4, -0.2) is 95.9 Å². The van der Waals surface area contributed by atoms with Gasteiger partial charge in [0.05, 0.1) is 24.3 Å². The van der Waals surface area contributed by atoms with Gasteiger partial charge in [-0.15, -0.1) is 0 Å². The number of ketones is 1. The second-order valence-electron chi connectivity index (χ2n) is 7.80. The van der Waals surface area contributed by atoms with Gasteiger partial charge in [0.2, 0.25) is 0 Å². The van der Waals surface area contributed by atoms with E-state index in [0.29, 0.717) is 32.0 Å². The monoisotopic (exact) mass is 493 g/mol. The molecule has 0 saturated carbocycles. The van der Waals surface area contributed by atoms with Crippen LogP contribution in [0.5, 0.6) is 5.75 Å². The zero-order valence-electron chi connectivity index (χ0n) is 18.8. The summed E-state index contributed by atoms with van der Waals surface area (Å²) in [6, 6.07) is 0. The molecule has 1 amide bonds. The Morgan fingerprint density at radius 1 is 1.18 bits per heavy atom. The van der Waals surface area contributed by atoms with Gasteiger partial charge in [-0.3, -0.25) is 14.1 Å². The molecule has 1 fully saturated rings. The molecule has 4 heterocycles. The van der Waals surface area contributed by atoms with Crippen LogP contribution >= 0.6 is 7.82 Å². The molecule has 14 nitrogen and oxygen atoms in total. The first kappa shape index (κ1) is 24.0. The van der Waals surface area contributed by atoms with Crippen LogP contribution in [0.4, 0.5) is 0 Å². The summed E-state index contributed by atoms with van der Waals surface area (Å²) in [5.41, 5.74) is 0.220. The third-order valence-electron chi connectivity index (χ3n) is 5.48. The Kier molecular flexibility index (Phi) is 6.51. The number of piperazine rings is 1. The number of methoxy groups -OCH3 is 1. The maximum Gasteiger partial charge on any atom is 0.471 e. The number of carbonyl (C=O) groups excluding carboxylic acids is 2. The average molecular weight is 493 g/mol. The molecule has 15 heteroatoms. The minimum absolute atomic E-state index is 0.00872. The number of pyridine rings is 1. The topological polar surface area (TPSA) is 165 Å². The van der Waals surface area contributed by atoms with Crippen molar-refractivity contribution in [3.05, 3.63) is 30.1 Å². The highest BCUT2D eigenvalue weighted by atomic mass is 31.2. The zero-order chi connectivity index (χ0) is 24.6. The quantitative estimate of drug-likeness (QED) is 0.258. The molecule has 0 radical (unpaired) electrons. The van der Waals surface area contributed by atoms with Crippen molar-refractivity contribution in [1.82, 2.24) is 34.1 Å². The molecule has 3 aromatic rings. The molecule has 0 aromatic carbocycles. The van der Waals surface area contributed by atoms with Gasteiger partial charge in [-0.05, 0) is 14.0 Å². The van der Waals surface area contributed by atoms with Crippen LogP contribution in [0.2, 0.25) is 0 Å². The molecule has 0 bridgehead atoms. The molecule has 2 N–H and O–H groups in total. The highest BCUT2D eigenvalue weighted by molar-refractivity contribution is 7.46. The van der Waals surface area contributed by atoms with Gasteiger partial charge in [0.15, 0.2) is 5.82 Å². The van der Waals surface area contributed by atoms with Crippen molar-refractivity contribution >= 4 is 30.4 Å². The number of aromatic nitrogens is 5. The lowest BCUT2D eigenvalue weighted by Crippen LogP contribution is -2.49. The van der Waals surface area contributed by atoms with Crippen molar-refractivity contribution in [2.75, 3.05) is 40.3 Å². The Bertz CT molecular complexity index is 1290. The molecule has 0 aliphatic carbocycles. The summed E-state index contributed by atoms with van der Waals surface area (Å²) < 4.78 is 24.1. The van der Waals surface area contributed by atoms with Crippen LogP contribution in [0.1, 0.15) is 16.2 Å². The van der Waals surface area contributed by atoms with E-state index in [-0.39, 0.29) is 28.0 Å². The smallest absolute Gasteiger partial charge is 0.471 e. The predicted octanol–water partition coefficient (Wildman–Crippen LogP) is -0.0425. The summed E-state index contributed by atoms with van der Waals surface area (Å²) in [5, 5.41) is 4.47. The van der Waals surface area contributed by atoms with E-state index in [1.807, 2.05) is 7.05 Å². The SMILES string of the molecule is COc1cnc(-n2cnc(C)n2)c2c1c(C(=O)C(=O)N1CCN(C)CC1)cn2COP(=O)(O)O. The van der Waals surface area contributed by atoms with Crippen LogP contribution in [0.3, 0.4) is 0 Å². The Labute approximate surface area is 193 Å². The number of phosphoric acid groups is 1. The molecule has 0 spiro atoms. The van der Waals surface area contributed by atoms with Gasteiger partial charge >= 0.3 is 7.82 Å². The Morgan fingerprint density at radius 2 is 1.88 bits per heavy atom.